The average molecular weight is 303 g/mol. The van der Waals surface area contributed by atoms with E-state index in [4.69, 9.17) is 9.47 Å². The van der Waals surface area contributed by atoms with Crippen LogP contribution in [0.15, 0.2) is 24.3 Å². The topological polar surface area (TPSA) is 21.7 Å². The number of benzene rings is 1. The Bertz CT molecular complexity index is 478. The second kappa shape index (κ2) is 7.01. The quantitative estimate of drug-likeness (QED) is 0.762. The molecule has 0 N–H and O–H groups in total. The molecule has 1 unspecified atom stereocenters. The first-order valence-corrected chi connectivity index (χ1v) is 8.76. The predicted octanol–water partition coefficient (Wildman–Crippen LogP) is 4.18. The summed E-state index contributed by atoms with van der Waals surface area (Å²) in [5.41, 5.74) is 1.15. The Labute approximate surface area is 134 Å². The lowest BCUT2D eigenvalue weighted by Crippen LogP contribution is -2.39. The minimum Gasteiger partial charge on any atom is -0.484 e. The molecule has 0 amide bonds. The molecule has 122 valence electrons. The molecule has 0 saturated heterocycles. The molecule has 1 aliphatic carbocycles. The lowest BCUT2D eigenvalue weighted by atomic mass is 9.86. The van der Waals surface area contributed by atoms with Crippen molar-refractivity contribution in [2.45, 2.75) is 56.7 Å². The van der Waals surface area contributed by atoms with E-state index in [2.05, 4.69) is 43.3 Å². The van der Waals surface area contributed by atoms with Gasteiger partial charge in [0.1, 0.15) is 17.5 Å². The number of nitrogens with zero attached hydrogens (tertiary/aromatic N) is 1. The number of hydrogen-bond donors (Lipinski definition) is 0. The van der Waals surface area contributed by atoms with Crippen LogP contribution < -0.4 is 4.74 Å². The van der Waals surface area contributed by atoms with Crippen LogP contribution in [-0.4, -0.2) is 37.7 Å². The van der Waals surface area contributed by atoms with Gasteiger partial charge in [-0.1, -0.05) is 31.0 Å². The SMILES string of the molecule is CN(C)CCCOC1c2ccccc2OC12CCCCCC2. The van der Waals surface area contributed by atoms with E-state index in [-0.39, 0.29) is 11.7 Å². The monoisotopic (exact) mass is 303 g/mol. The van der Waals surface area contributed by atoms with Gasteiger partial charge in [-0.25, -0.2) is 0 Å². The molecule has 1 aliphatic heterocycles. The molecule has 22 heavy (non-hydrogen) atoms. The first-order valence-electron chi connectivity index (χ1n) is 8.76. The minimum absolute atomic E-state index is 0.113. The van der Waals surface area contributed by atoms with Gasteiger partial charge in [0.15, 0.2) is 0 Å². The van der Waals surface area contributed by atoms with Gasteiger partial charge in [-0.05, 0) is 58.8 Å². The number of fused-ring (bicyclic) bond motifs is 1. The van der Waals surface area contributed by atoms with E-state index in [9.17, 15) is 0 Å². The number of hydrogen-bond acceptors (Lipinski definition) is 3. The van der Waals surface area contributed by atoms with E-state index in [1.165, 1.54) is 31.2 Å². The van der Waals surface area contributed by atoms with Gasteiger partial charge in [0.05, 0.1) is 0 Å². The highest BCUT2D eigenvalue weighted by Crippen LogP contribution is 2.51. The van der Waals surface area contributed by atoms with E-state index in [0.717, 1.165) is 38.2 Å². The summed E-state index contributed by atoms with van der Waals surface area (Å²) in [7, 11) is 4.22. The van der Waals surface area contributed by atoms with Crippen LogP contribution in [0.2, 0.25) is 0 Å². The molecule has 1 aromatic carbocycles. The van der Waals surface area contributed by atoms with Crippen molar-refractivity contribution in [1.82, 2.24) is 4.90 Å². The summed E-state index contributed by atoms with van der Waals surface area (Å²) in [6.45, 7) is 1.88. The van der Waals surface area contributed by atoms with E-state index in [1.54, 1.807) is 0 Å². The standard InChI is InChI=1S/C19H29NO2/c1-20(2)14-9-15-21-18-16-10-5-6-11-17(16)22-19(18)12-7-3-4-8-13-19/h5-6,10-11,18H,3-4,7-9,12-15H2,1-2H3. The second-order valence-electron chi connectivity index (χ2n) is 7.03. The summed E-state index contributed by atoms with van der Waals surface area (Å²) in [5.74, 6) is 1.04. The maximum Gasteiger partial charge on any atom is 0.139 e. The maximum atomic E-state index is 6.47. The third-order valence-corrected chi connectivity index (χ3v) is 4.98. The summed E-state index contributed by atoms with van der Waals surface area (Å²) in [5, 5.41) is 0. The van der Waals surface area contributed by atoms with E-state index in [0.29, 0.717) is 0 Å². The van der Waals surface area contributed by atoms with Gasteiger partial charge >= 0.3 is 0 Å². The summed E-state index contributed by atoms with van der Waals surface area (Å²) in [6, 6.07) is 8.46. The zero-order valence-electron chi connectivity index (χ0n) is 14.0. The molecular formula is C19H29NO2. The third kappa shape index (κ3) is 3.31. The highest BCUT2D eigenvalue weighted by molar-refractivity contribution is 5.41. The molecular weight excluding hydrogens is 274 g/mol. The molecule has 1 atom stereocenters. The lowest BCUT2D eigenvalue weighted by Gasteiger charge is -2.33. The molecule has 1 heterocycles. The van der Waals surface area contributed by atoms with Crippen molar-refractivity contribution < 1.29 is 9.47 Å². The zero-order chi connectivity index (χ0) is 15.4. The van der Waals surface area contributed by atoms with Gasteiger partial charge in [0.2, 0.25) is 0 Å². The van der Waals surface area contributed by atoms with Crippen LogP contribution in [-0.2, 0) is 4.74 Å². The highest BCUT2D eigenvalue weighted by atomic mass is 16.6. The molecule has 0 bridgehead atoms. The van der Waals surface area contributed by atoms with Crippen molar-refractivity contribution in [1.29, 1.82) is 0 Å². The fraction of sp³-hybridized carbons (Fsp3) is 0.684. The van der Waals surface area contributed by atoms with E-state index < -0.39 is 0 Å². The summed E-state index contributed by atoms with van der Waals surface area (Å²) < 4.78 is 12.8. The van der Waals surface area contributed by atoms with Crippen molar-refractivity contribution in [3.05, 3.63) is 29.8 Å². The van der Waals surface area contributed by atoms with E-state index in [1.807, 2.05) is 0 Å². The molecule has 3 heteroatoms. The van der Waals surface area contributed by atoms with Crippen LogP contribution in [0.5, 0.6) is 5.75 Å². The Morgan fingerprint density at radius 2 is 1.86 bits per heavy atom. The summed E-state index contributed by atoms with van der Waals surface area (Å²) in [4.78, 5) is 2.21. The van der Waals surface area contributed by atoms with Gasteiger partial charge < -0.3 is 14.4 Å². The first-order chi connectivity index (χ1) is 10.7. The molecule has 1 aromatic rings. The van der Waals surface area contributed by atoms with E-state index >= 15 is 0 Å². The van der Waals surface area contributed by atoms with Crippen LogP contribution in [0, 0.1) is 0 Å². The molecule has 3 rings (SSSR count). The number of para-hydroxylation sites is 1. The second-order valence-corrected chi connectivity index (χ2v) is 7.03. The van der Waals surface area contributed by atoms with Crippen LogP contribution >= 0.6 is 0 Å². The maximum absolute atomic E-state index is 6.47. The summed E-state index contributed by atoms with van der Waals surface area (Å²) >= 11 is 0. The number of rotatable bonds is 5. The Kier molecular flexibility index (Phi) is 5.04. The van der Waals surface area contributed by atoms with Crippen molar-refractivity contribution in [2.75, 3.05) is 27.2 Å². The highest BCUT2D eigenvalue weighted by Gasteiger charge is 2.48. The lowest BCUT2D eigenvalue weighted by molar-refractivity contribution is -0.0811. The molecule has 1 fully saturated rings. The van der Waals surface area contributed by atoms with Crippen LogP contribution in [0.25, 0.3) is 0 Å². The first kappa shape index (κ1) is 15.8. The minimum atomic E-state index is -0.113. The fourth-order valence-corrected chi connectivity index (χ4v) is 3.86. The molecule has 2 aliphatic rings. The fourth-order valence-electron chi connectivity index (χ4n) is 3.86. The van der Waals surface area contributed by atoms with Gasteiger partial charge in [-0.2, -0.15) is 0 Å². The van der Waals surface area contributed by atoms with Gasteiger partial charge in [0.25, 0.3) is 0 Å². The Hall–Kier alpha value is -1.06. The average Bonchev–Trinajstić information content (AvgIpc) is 2.64. The van der Waals surface area contributed by atoms with Gasteiger partial charge in [-0.15, -0.1) is 0 Å². The van der Waals surface area contributed by atoms with Crippen molar-refractivity contribution >= 4 is 0 Å². The predicted molar refractivity (Wildman–Crippen MR) is 89.4 cm³/mol. The van der Waals surface area contributed by atoms with Crippen molar-refractivity contribution in [3.63, 3.8) is 0 Å². The largest absolute Gasteiger partial charge is 0.484 e. The molecule has 0 radical (unpaired) electrons. The Morgan fingerprint density at radius 3 is 2.59 bits per heavy atom. The van der Waals surface area contributed by atoms with Crippen LogP contribution in [0.1, 0.15) is 56.6 Å². The molecule has 3 nitrogen and oxygen atoms in total. The van der Waals surface area contributed by atoms with Crippen molar-refractivity contribution in [3.8, 4) is 5.75 Å². The smallest absolute Gasteiger partial charge is 0.139 e. The van der Waals surface area contributed by atoms with Gasteiger partial charge in [0, 0.05) is 12.2 Å². The third-order valence-electron chi connectivity index (χ3n) is 4.98. The van der Waals surface area contributed by atoms with Gasteiger partial charge in [-0.3, -0.25) is 0 Å². The van der Waals surface area contributed by atoms with Crippen LogP contribution in [0.4, 0.5) is 0 Å². The Balaban J connectivity index is 1.74. The Morgan fingerprint density at radius 1 is 1.14 bits per heavy atom. The number of ether oxygens (including phenoxy) is 2. The normalized spacial score (nSPS) is 23.3. The summed E-state index contributed by atoms with van der Waals surface area (Å²) in [6.07, 6.45) is 8.60. The van der Waals surface area contributed by atoms with Crippen molar-refractivity contribution in [2.24, 2.45) is 0 Å². The molecule has 0 aromatic heterocycles. The zero-order valence-corrected chi connectivity index (χ0v) is 14.0. The van der Waals surface area contributed by atoms with Crippen LogP contribution in [0.3, 0.4) is 0 Å². The molecule has 1 saturated carbocycles. The molecule has 1 spiro atoms.